The Morgan fingerprint density at radius 3 is 2.65 bits per heavy atom. The molecule has 40 heavy (non-hydrogen) atoms. The van der Waals surface area contributed by atoms with Gasteiger partial charge >= 0.3 is 6.01 Å². The van der Waals surface area contributed by atoms with Crippen molar-refractivity contribution in [2.24, 2.45) is 0 Å². The maximum absolute atomic E-state index is 12.2. The second-order valence-corrected chi connectivity index (χ2v) is 10.7. The minimum Gasteiger partial charge on any atom is -0.456 e. The van der Waals surface area contributed by atoms with E-state index in [-0.39, 0.29) is 24.1 Å². The Morgan fingerprint density at radius 2 is 1.90 bits per heavy atom. The van der Waals surface area contributed by atoms with Crippen molar-refractivity contribution in [1.29, 1.82) is 0 Å². The molecule has 2 aliphatic heterocycles. The second-order valence-electron chi connectivity index (χ2n) is 10.3. The summed E-state index contributed by atoms with van der Waals surface area (Å²) in [6, 6.07) is 6.07. The number of halogens is 1. The van der Waals surface area contributed by atoms with Crippen molar-refractivity contribution in [3.05, 3.63) is 47.6 Å². The summed E-state index contributed by atoms with van der Waals surface area (Å²) in [5.41, 5.74) is 3.88. The average molecular weight is 563 g/mol. The predicted molar refractivity (Wildman–Crippen MR) is 154 cm³/mol. The Morgan fingerprint density at radius 1 is 1.12 bits per heavy atom. The molecule has 1 amide bonds. The number of hydrogen-bond acceptors (Lipinski definition) is 9. The van der Waals surface area contributed by atoms with E-state index in [1.54, 1.807) is 18.2 Å². The number of nitrogens with one attached hydrogen (secondary N) is 1. The van der Waals surface area contributed by atoms with Crippen LogP contribution >= 0.6 is 11.6 Å². The van der Waals surface area contributed by atoms with Gasteiger partial charge in [-0.05, 0) is 43.8 Å². The molecule has 1 N–H and O–H groups in total. The zero-order chi connectivity index (χ0) is 28.0. The standard InChI is InChI=1S/C28H31ClN8O3/c1-5-24(38)36-8-10-37(11-9-36)27-17-6-7-20(25-16(2)19(29)12-21-18(25)13-30-34-21)31-26(17)32-28(33-27)40-23-15-35(3)14-22(23)39-4/h5-7,12-13,22-23H,1,8-11,14-15H2,2-4H3,(H,30,34)/t22-,23-/m1/s1. The zero-order valence-electron chi connectivity index (χ0n) is 22.7. The normalized spacial score (nSPS) is 20.0. The smallest absolute Gasteiger partial charge is 0.320 e. The number of hydrogen-bond donors (Lipinski definition) is 1. The number of pyridine rings is 1. The number of likely N-dealkylation sites (tertiary alicyclic amines) is 1. The number of amides is 1. The molecule has 2 atom stereocenters. The third-order valence-corrected chi connectivity index (χ3v) is 8.13. The van der Waals surface area contributed by atoms with Gasteiger partial charge in [-0.2, -0.15) is 15.1 Å². The van der Waals surface area contributed by atoms with Crippen LogP contribution in [0.2, 0.25) is 5.02 Å². The molecule has 0 saturated carbocycles. The van der Waals surface area contributed by atoms with Crippen molar-refractivity contribution < 1.29 is 14.3 Å². The summed E-state index contributed by atoms with van der Waals surface area (Å²) in [4.78, 5) is 32.9. The third-order valence-electron chi connectivity index (χ3n) is 7.74. The van der Waals surface area contributed by atoms with E-state index in [0.717, 1.165) is 45.5 Å². The molecule has 0 bridgehead atoms. The number of ether oxygens (including phenoxy) is 2. The van der Waals surface area contributed by atoms with Gasteiger partial charge in [0.25, 0.3) is 0 Å². The van der Waals surface area contributed by atoms with Gasteiger partial charge in [-0.25, -0.2) is 4.98 Å². The first-order valence-corrected chi connectivity index (χ1v) is 13.6. The third kappa shape index (κ3) is 4.74. The molecule has 0 radical (unpaired) electrons. The number of H-pyrrole nitrogens is 1. The Hall–Kier alpha value is -3.80. The number of carbonyl (C=O) groups is 1. The fraction of sp³-hybridized carbons (Fsp3) is 0.393. The molecule has 208 valence electrons. The van der Waals surface area contributed by atoms with Gasteiger partial charge in [0.05, 0.1) is 22.8 Å². The van der Waals surface area contributed by atoms with Crippen LogP contribution in [0.3, 0.4) is 0 Å². The average Bonchev–Trinajstić information content (AvgIpc) is 3.57. The molecule has 0 unspecified atom stereocenters. The highest BCUT2D eigenvalue weighted by Crippen LogP contribution is 2.36. The van der Waals surface area contributed by atoms with E-state index in [1.807, 2.05) is 32.2 Å². The minimum absolute atomic E-state index is 0.0686. The lowest BCUT2D eigenvalue weighted by Gasteiger charge is -2.35. The van der Waals surface area contributed by atoms with Gasteiger partial charge in [0.1, 0.15) is 18.0 Å². The van der Waals surface area contributed by atoms with Gasteiger partial charge < -0.3 is 19.3 Å². The molecule has 4 aromatic rings. The minimum atomic E-state index is -0.216. The SMILES string of the molecule is C=CC(=O)N1CCN(c2nc(O[C@@H]3CN(C)C[C@H]3OC)nc3nc(-c4c(C)c(Cl)cc5[nH]ncc45)ccc23)CC1. The Labute approximate surface area is 236 Å². The summed E-state index contributed by atoms with van der Waals surface area (Å²) in [5.74, 6) is 0.655. The summed E-state index contributed by atoms with van der Waals surface area (Å²) in [6.07, 6.45) is 2.83. The number of anilines is 1. The highest BCUT2D eigenvalue weighted by Gasteiger charge is 2.34. The summed E-state index contributed by atoms with van der Waals surface area (Å²) >= 11 is 6.57. The topological polar surface area (TPSA) is 113 Å². The molecule has 1 aromatic carbocycles. The van der Waals surface area contributed by atoms with Crippen molar-refractivity contribution in [2.75, 3.05) is 58.3 Å². The maximum Gasteiger partial charge on any atom is 0.320 e. The summed E-state index contributed by atoms with van der Waals surface area (Å²) < 4.78 is 12.0. The van der Waals surface area contributed by atoms with Crippen LogP contribution in [0.15, 0.2) is 37.1 Å². The van der Waals surface area contributed by atoms with Gasteiger partial charge in [-0.1, -0.05) is 18.2 Å². The van der Waals surface area contributed by atoms with Crippen molar-refractivity contribution in [3.63, 3.8) is 0 Å². The number of likely N-dealkylation sites (N-methyl/N-ethyl adjacent to an activating group) is 1. The fourth-order valence-electron chi connectivity index (χ4n) is 5.57. The Kier molecular flexibility index (Phi) is 7.03. The largest absolute Gasteiger partial charge is 0.456 e. The van der Waals surface area contributed by atoms with Crippen molar-refractivity contribution in [3.8, 4) is 17.3 Å². The maximum atomic E-state index is 12.2. The lowest BCUT2D eigenvalue weighted by Crippen LogP contribution is -2.48. The van der Waals surface area contributed by atoms with Crippen LogP contribution in [0.25, 0.3) is 33.2 Å². The number of aromatic nitrogens is 5. The number of nitrogens with zero attached hydrogens (tertiary/aromatic N) is 7. The number of aromatic amines is 1. The lowest BCUT2D eigenvalue weighted by atomic mass is 10.0. The van der Waals surface area contributed by atoms with E-state index < -0.39 is 0 Å². The number of benzene rings is 1. The molecule has 2 fully saturated rings. The molecule has 6 rings (SSSR count). The summed E-state index contributed by atoms with van der Waals surface area (Å²) in [5, 5.41) is 9.57. The van der Waals surface area contributed by atoms with E-state index in [4.69, 9.17) is 36.0 Å². The molecule has 2 saturated heterocycles. The van der Waals surface area contributed by atoms with Gasteiger partial charge in [-0.3, -0.25) is 14.8 Å². The predicted octanol–water partition coefficient (Wildman–Crippen LogP) is 3.07. The molecule has 11 nitrogen and oxygen atoms in total. The van der Waals surface area contributed by atoms with E-state index in [1.165, 1.54) is 6.08 Å². The van der Waals surface area contributed by atoms with Gasteiger partial charge in [-0.15, -0.1) is 0 Å². The van der Waals surface area contributed by atoms with Crippen molar-refractivity contribution >= 4 is 45.3 Å². The van der Waals surface area contributed by atoms with Gasteiger partial charge in [0.2, 0.25) is 5.91 Å². The monoisotopic (exact) mass is 562 g/mol. The lowest BCUT2D eigenvalue weighted by molar-refractivity contribution is -0.126. The van der Waals surface area contributed by atoms with Crippen LogP contribution < -0.4 is 9.64 Å². The molecule has 0 aliphatic carbocycles. The molecular formula is C28H31ClN8O3. The number of carbonyl (C=O) groups excluding carboxylic acids is 1. The highest BCUT2D eigenvalue weighted by molar-refractivity contribution is 6.32. The molecule has 2 aliphatic rings. The first-order valence-electron chi connectivity index (χ1n) is 13.2. The molecule has 0 spiro atoms. The van der Waals surface area contributed by atoms with Gasteiger partial charge in [0, 0.05) is 62.4 Å². The molecule has 3 aromatic heterocycles. The molecule has 5 heterocycles. The van der Waals surface area contributed by atoms with E-state index >= 15 is 0 Å². The Bertz CT molecular complexity index is 1600. The number of piperazine rings is 1. The Balaban J connectivity index is 1.44. The van der Waals surface area contributed by atoms with Crippen LogP contribution in [0, 0.1) is 6.92 Å². The quantitative estimate of drug-likeness (QED) is 0.354. The first kappa shape index (κ1) is 26.4. The summed E-state index contributed by atoms with van der Waals surface area (Å²) in [6.45, 7) is 9.41. The molecule has 12 heteroatoms. The highest BCUT2D eigenvalue weighted by atomic mass is 35.5. The van der Waals surface area contributed by atoms with Crippen molar-refractivity contribution in [1.82, 2.24) is 34.9 Å². The summed E-state index contributed by atoms with van der Waals surface area (Å²) in [7, 11) is 3.72. The number of methoxy groups -OCH3 is 1. The van der Waals surface area contributed by atoms with E-state index in [2.05, 4.69) is 26.6 Å². The van der Waals surface area contributed by atoms with E-state index in [9.17, 15) is 4.79 Å². The van der Waals surface area contributed by atoms with E-state index in [0.29, 0.717) is 43.4 Å². The number of rotatable bonds is 6. The fourth-order valence-corrected chi connectivity index (χ4v) is 5.77. The second kappa shape index (κ2) is 10.6. The van der Waals surface area contributed by atoms with Crippen LogP contribution in [-0.4, -0.2) is 106 Å². The van der Waals surface area contributed by atoms with Crippen LogP contribution in [0.5, 0.6) is 6.01 Å². The number of fused-ring (bicyclic) bond motifs is 2. The van der Waals surface area contributed by atoms with Crippen molar-refractivity contribution in [2.45, 2.75) is 19.1 Å². The first-order chi connectivity index (χ1) is 19.4. The zero-order valence-corrected chi connectivity index (χ0v) is 23.5. The van der Waals surface area contributed by atoms with Crippen LogP contribution in [0.4, 0.5) is 5.82 Å². The van der Waals surface area contributed by atoms with Gasteiger partial charge in [0.15, 0.2) is 5.65 Å². The van der Waals surface area contributed by atoms with Crippen LogP contribution in [-0.2, 0) is 9.53 Å². The van der Waals surface area contributed by atoms with Crippen LogP contribution in [0.1, 0.15) is 5.56 Å². The molecular weight excluding hydrogens is 532 g/mol.